The molecular weight excluding hydrogens is 455 g/mol. The highest BCUT2D eigenvalue weighted by molar-refractivity contribution is 6.10. The third kappa shape index (κ3) is 4.34. The van der Waals surface area contributed by atoms with E-state index >= 15 is 4.39 Å². The molecule has 0 aliphatic heterocycles. The van der Waals surface area contributed by atoms with Gasteiger partial charge in [-0.3, -0.25) is 9.59 Å². The zero-order valence-electron chi connectivity index (χ0n) is 21.1. The standard InChI is InChI=1S/C30H32FN2O3.H2/c1-4-29(3,28(35)32-18-22-11-6-5-10-20(22)2)33(19-30(31)16-9-17-30)27(34)26-25(21-14-15-21)23-12-7-8-13-24(23)36-26;/h5-8,10-15H,4,9,16-19H2,1-3H3,(H,32,35);1H. The van der Waals surface area contributed by atoms with Crippen molar-refractivity contribution in [2.45, 2.75) is 64.2 Å². The molecule has 1 radical (unpaired) electrons. The van der Waals surface area contributed by atoms with Gasteiger partial charge in [0.05, 0.1) is 6.54 Å². The fourth-order valence-corrected chi connectivity index (χ4v) is 4.93. The average molecular weight is 490 g/mol. The summed E-state index contributed by atoms with van der Waals surface area (Å²) in [6.07, 6.45) is 5.72. The van der Waals surface area contributed by atoms with Crippen LogP contribution in [0.4, 0.5) is 4.39 Å². The molecule has 1 unspecified atom stereocenters. The number of furan rings is 1. The SMILES string of the molecule is CCC(C)(C(=O)NCc1ccccc1C)N(CC1(F)CCC1)C(=O)c1oc2ccccc2c1C1=C[CH]1.[HH]. The summed E-state index contributed by atoms with van der Waals surface area (Å²) in [5.74, 6) is -0.605. The van der Waals surface area contributed by atoms with Crippen molar-refractivity contribution >= 4 is 28.4 Å². The number of para-hydroxylation sites is 1. The third-order valence-corrected chi connectivity index (χ3v) is 7.82. The second-order valence-electron chi connectivity index (χ2n) is 10.2. The minimum atomic E-state index is -1.50. The number of carbonyl (C=O) groups excluding carboxylic acids is 2. The van der Waals surface area contributed by atoms with Crippen molar-refractivity contribution in [3.05, 3.63) is 83.5 Å². The normalized spacial score (nSPS) is 17.6. The van der Waals surface area contributed by atoms with Gasteiger partial charge in [-0.05, 0) is 62.3 Å². The van der Waals surface area contributed by atoms with Crippen molar-refractivity contribution in [2.24, 2.45) is 0 Å². The molecule has 1 N–H and O–H groups in total. The third-order valence-electron chi connectivity index (χ3n) is 7.82. The van der Waals surface area contributed by atoms with Crippen LogP contribution in [0.15, 0.2) is 59.0 Å². The Morgan fingerprint density at radius 3 is 2.50 bits per heavy atom. The van der Waals surface area contributed by atoms with E-state index in [1.807, 2.05) is 74.9 Å². The molecule has 2 aromatic carbocycles. The van der Waals surface area contributed by atoms with E-state index in [1.54, 1.807) is 6.92 Å². The smallest absolute Gasteiger partial charge is 0.291 e. The Bertz CT molecular complexity index is 1360. The highest BCUT2D eigenvalue weighted by Gasteiger charge is 2.49. The van der Waals surface area contributed by atoms with Crippen LogP contribution in [0.5, 0.6) is 0 Å². The van der Waals surface area contributed by atoms with Crippen LogP contribution in [0.3, 0.4) is 0 Å². The van der Waals surface area contributed by atoms with Gasteiger partial charge in [0.15, 0.2) is 5.76 Å². The van der Waals surface area contributed by atoms with Crippen LogP contribution in [0.25, 0.3) is 16.5 Å². The first kappa shape index (κ1) is 24.3. The summed E-state index contributed by atoms with van der Waals surface area (Å²) in [7, 11) is 0. The molecule has 1 atom stereocenters. The first-order valence-electron chi connectivity index (χ1n) is 12.7. The number of allylic oxidation sites excluding steroid dienone is 2. The molecule has 0 saturated heterocycles. The number of benzene rings is 2. The highest BCUT2D eigenvalue weighted by atomic mass is 19.1. The molecule has 5 nitrogen and oxygen atoms in total. The monoisotopic (exact) mass is 489 g/mol. The highest BCUT2D eigenvalue weighted by Crippen LogP contribution is 2.42. The summed E-state index contributed by atoms with van der Waals surface area (Å²) in [6, 6.07) is 15.3. The number of fused-ring (bicyclic) bond motifs is 1. The molecular formula is C30H34FN2O3. The maximum Gasteiger partial charge on any atom is 0.291 e. The van der Waals surface area contributed by atoms with Crippen LogP contribution >= 0.6 is 0 Å². The molecule has 1 heterocycles. The Labute approximate surface area is 212 Å². The van der Waals surface area contributed by atoms with Gasteiger partial charge in [0.2, 0.25) is 5.91 Å². The van der Waals surface area contributed by atoms with Crippen LogP contribution in [0.1, 0.15) is 68.2 Å². The maximum atomic E-state index is 15.6. The molecule has 0 spiro atoms. The van der Waals surface area contributed by atoms with Gasteiger partial charge in [0.1, 0.15) is 16.8 Å². The number of aryl methyl sites for hydroxylation is 1. The lowest BCUT2D eigenvalue weighted by Crippen LogP contribution is -2.62. The lowest BCUT2D eigenvalue weighted by Gasteiger charge is -2.45. The molecule has 2 aliphatic carbocycles. The molecule has 36 heavy (non-hydrogen) atoms. The second-order valence-corrected chi connectivity index (χ2v) is 10.2. The first-order valence-corrected chi connectivity index (χ1v) is 12.7. The number of nitrogens with zero attached hydrogens (tertiary/aromatic N) is 1. The van der Waals surface area contributed by atoms with E-state index in [-0.39, 0.29) is 19.6 Å². The predicted octanol–water partition coefficient (Wildman–Crippen LogP) is 6.41. The van der Waals surface area contributed by atoms with Gasteiger partial charge in [0, 0.05) is 25.3 Å². The molecule has 1 aromatic heterocycles. The van der Waals surface area contributed by atoms with Gasteiger partial charge >= 0.3 is 0 Å². The van der Waals surface area contributed by atoms with Crippen molar-refractivity contribution in [1.82, 2.24) is 10.2 Å². The summed E-state index contributed by atoms with van der Waals surface area (Å²) < 4.78 is 21.6. The summed E-state index contributed by atoms with van der Waals surface area (Å²) >= 11 is 0. The van der Waals surface area contributed by atoms with Crippen LogP contribution < -0.4 is 5.32 Å². The molecule has 0 bridgehead atoms. The van der Waals surface area contributed by atoms with Crippen molar-refractivity contribution in [3.8, 4) is 0 Å². The lowest BCUT2D eigenvalue weighted by molar-refractivity contribution is -0.133. The number of amides is 2. The van der Waals surface area contributed by atoms with E-state index in [4.69, 9.17) is 4.42 Å². The Balaban J connectivity index is 0.00000320. The maximum absolute atomic E-state index is 15.6. The fraction of sp³-hybridized carbons (Fsp3) is 0.367. The second kappa shape index (κ2) is 9.23. The van der Waals surface area contributed by atoms with Crippen molar-refractivity contribution in [3.63, 3.8) is 0 Å². The lowest BCUT2D eigenvalue weighted by atomic mass is 9.80. The van der Waals surface area contributed by atoms with Crippen molar-refractivity contribution in [2.75, 3.05) is 6.54 Å². The molecule has 1 fully saturated rings. The van der Waals surface area contributed by atoms with E-state index in [9.17, 15) is 9.59 Å². The number of halogens is 1. The van der Waals surface area contributed by atoms with Gasteiger partial charge in [0.25, 0.3) is 5.91 Å². The van der Waals surface area contributed by atoms with Gasteiger partial charge in [-0.2, -0.15) is 0 Å². The van der Waals surface area contributed by atoms with Crippen molar-refractivity contribution in [1.29, 1.82) is 0 Å². The fourth-order valence-electron chi connectivity index (χ4n) is 4.93. The topological polar surface area (TPSA) is 62.6 Å². The Hall–Kier alpha value is -3.41. The molecule has 1 saturated carbocycles. The molecule has 2 amide bonds. The van der Waals surface area contributed by atoms with E-state index in [0.717, 1.165) is 28.5 Å². The van der Waals surface area contributed by atoms with E-state index < -0.39 is 17.1 Å². The number of hydrogen-bond donors (Lipinski definition) is 1. The summed E-state index contributed by atoms with van der Waals surface area (Å²) in [6.45, 7) is 5.77. The predicted molar refractivity (Wildman–Crippen MR) is 141 cm³/mol. The minimum absolute atomic E-state index is 0. The summed E-state index contributed by atoms with van der Waals surface area (Å²) in [5, 5.41) is 3.85. The van der Waals surface area contributed by atoms with Crippen molar-refractivity contribution < 1.29 is 19.8 Å². The minimum Gasteiger partial charge on any atom is -0.450 e. The Morgan fingerprint density at radius 1 is 1.17 bits per heavy atom. The number of hydrogen-bond acceptors (Lipinski definition) is 3. The average Bonchev–Trinajstić information content (AvgIpc) is 3.63. The number of alkyl halides is 1. The van der Waals surface area contributed by atoms with Gasteiger partial charge < -0.3 is 14.6 Å². The number of rotatable bonds is 9. The summed E-state index contributed by atoms with van der Waals surface area (Å²) in [5.41, 5.74) is 1.54. The van der Waals surface area contributed by atoms with E-state index in [1.165, 1.54) is 4.90 Å². The van der Waals surface area contributed by atoms with Crippen LogP contribution in [-0.2, 0) is 11.3 Å². The van der Waals surface area contributed by atoms with Gasteiger partial charge in [-0.25, -0.2) is 4.39 Å². The van der Waals surface area contributed by atoms with Gasteiger partial charge in [-0.15, -0.1) is 0 Å². The van der Waals surface area contributed by atoms with Crippen LogP contribution in [0, 0.1) is 13.3 Å². The molecule has 2 aliphatic rings. The zero-order valence-corrected chi connectivity index (χ0v) is 21.1. The first-order chi connectivity index (χ1) is 17.3. The Kier molecular flexibility index (Phi) is 6.23. The van der Waals surface area contributed by atoms with E-state index in [2.05, 4.69) is 5.32 Å². The molecule has 6 heteroatoms. The largest absolute Gasteiger partial charge is 0.450 e. The van der Waals surface area contributed by atoms with Crippen LogP contribution in [-0.4, -0.2) is 34.5 Å². The molecule has 189 valence electrons. The van der Waals surface area contributed by atoms with Crippen LogP contribution in [0.2, 0.25) is 0 Å². The Morgan fingerprint density at radius 2 is 1.86 bits per heavy atom. The van der Waals surface area contributed by atoms with E-state index in [0.29, 0.717) is 37.0 Å². The number of nitrogens with one attached hydrogen (secondary N) is 1. The van der Waals surface area contributed by atoms with Gasteiger partial charge in [-0.1, -0.05) is 55.5 Å². The number of carbonyl (C=O) groups is 2. The quantitative estimate of drug-likeness (QED) is 0.378. The summed E-state index contributed by atoms with van der Waals surface area (Å²) in [4.78, 5) is 29.3. The molecule has 3 aromatic rings. The molecule has 5 rings (SSSR count). The zero-order chi connectivity index (χ0) is 25.5.